The first-order valence-electron chi connectivity index (χ1n) is 18.3. The van der Waals surface area contributed by atoms with Gasteiger partial charge >= 0.3 is 12.1 Å². The minimum Gasteiger partial charge on any atom is -0.397 e. The molecule has 4 N–H and O–H groups in total. The van der Waals surface area contributed by atoms with Gasteiger partial charge in [-0.1, -0.05) is 42.8 Å². The predicted molar refractivity (Wildman–Crippen MR) is 193 cm³/mol. The number of para-hydroxylation sites is 1. The first-order valence-corrected chi connectivity index (χ1v) is 18.7. The van der Waals surface area contributed by atoms with Gasteiger partial charge in [0.25, 0.3) is 0 Å². The van der Waals surface area contributed by atoms with Crippen molar-refractivity contribution in [3.05, 3.63) is 58.1 Å². The quantitative estimate of drug-likeness (QED) is 0.380. The van der Waals surface area contributed by atoms with Crippen LogP contribution in [0.4, 0.5) is 21.0 Å². The number of piperazine rings is 1. The number of nitrogens with two attached hydrogens (primary N) is 1. The summed E-state index contributed by atoms with van der Waals surface area (Å²) in [5.74, 6) is 0.708. The molecule has 0 aliphatic carbocycles. The third-order valence-corrected chi connectivity index (χ3v) is 12.1. The van der Waals surface area contributed by atoms with Crippen LogP contribution in [0.2, 0.25) is 5.02 Å². The van der Waals surface area contributed by atoms with Gasteiger partial charge in [0.2, 0.25) is 5.91 Å². The molecule has 2 atom stereocenters. The number of amides is 5. The topological polar surface area (TPSA) is 117 Å². The van der Waals surface area contributed by atoms with Crippen molar-refractivity contribution in [1.29, 1.82) is 0 Å². The van der Waals surface area contributed by atoms with Gasteiger partial charge in [0.05, 0.1) is 10.7 Å². The van der Waals surface area contributed by atoms with Gasteiger partial charge in [-0.2, -0.15) is 0 Å². The van der Waals surface area contributed by atoms with Crippen molar-refractivity contribution in [3.8, 4) is 0 Å². The molecule has 6 aliphatic rings. The van der Waals surface area contributed by atoms with Crippen molar-refractivity contribution in [2.75, 3.05) is 76.5 Å². The Balaban J connectivity index is 0.996. The van der Waals surface area contributed by atoms with Crippen molar-refractivity contribution in [2.45, 2.75) is 70.0 Å². The summed E-state index contributed by atoms with van der Waals surface area (Å²) >= 11 is 6.52. The number of nitrogens with one attached hydrogen (secondary N) is 2. The molecule has 2 aromatic carbocycles. The number of fused-ring (bicyclic) bond motifs is 4. The lowest BCUT2D eigenvalue weighted by Crippen LogP contribution is -2.63. The number of halogens is 1. The Kier molecular flexibility index (Phi) is 10.2. The molecule has 12 heteroatoms. The summed E-state index contributed by atoms with van der Waals surface area (Å²) in [7, 11) is 0. The Morgan fingerprint density at radius 3 is 2.39 bits per heavy atom. The second-order valence-electron chi connectivity index (χ2n) is 14.5. The molecule has 1 unspecified atom stereocenters. The molecule has 0 spiro atoms. The molecule has 5 fully saturated rings. The minimum absolute atomic E-state index is 0.0488. The number of hydrogen-bond acceptors (Lipinski definition) is 6. The van der Waals surface area contributed by atoms with Crippen LogP contribution in [0, 0.1) is 5.92 Å². The van der Waals surface area contributed by atoms with Crippen LogP contribution < -0.4 is 16.4 Å². The molecule has 49 heavy (non-hydrogen) atoms. The fourth-order valence-electron chi connectivity index (χ4n) is 8.78. The normalized spacial score (nSPS) is 25.4. The van der Waals surface area contributed by atoms with E-state index in [1.54, 1.807) is 4.90 Å². The summed E-state index contributed by atoms with van der Waals surface area (Å²) in [4.78, 5) is 52.0. The number of nitrogens with zero attached hydrogens (tertiary/aromatic N) is 5. The van der Waals surface area contributed by atoms with Gasteiger partial charge in [-0.3, -0.25) is 9.69 Å². The number of anilines is 2. The van der Waals surface area contributed by atoms with Gasteiger partial charge < -0.3 is 36.0 Å². The number of nitrogen functional groups attached to an aromatic ring is 1. The summed E-state index contributed by atoms with van der Waals surface area (Å²) in [6.45, 7) is 10.3. The summed E-state index contributed by atoms with van der Waals surface area (Å²) < 4.78 is 0. The number of carbonyl (C=O) groups excluding carboxylic acids is 3. The Morgan fingerprint density at radius 2 is 1.69 bits per heavy atom. The van der Waals surface area contributed by atoms with Gasteiger partial charge in [0.15, 0.2) is 0 Å². The molecular weight excluding hydrogens is 640 g/mol. The summed E-state index contributed by atoms with van der Waals surface area (Å²) in [6.07, 6.45) is 5.78. The van der Waals surface area contributed by atoms with Crippen molar-refractivity contribution >= 4 is 40.9 Å². The van der Waals surface area contributed by atoms with Crippen LogP contribution in [0.5, 0.6) is 0 Å². The van der Waals surface area contributed by atoms with Gasteiger partial charge in [0, 0.05) is 76.5 Å². The Labute approximate surface area is 295 Å². The molecule has 6 heterocycles. The lowest BCUT2D eigenvalue weighted by Gasteiger charge is -2.51. The van der Waals surface area contributed by atoms with Gasteiger partial charge in [0.1, 0.15) is 6.04 Å². The molecule has 0 aromatic heterocycles. The maximum Gasteiger partial charge on any atom is 0.322 e. The molecule has 6 aliphatic heterocycles. The van der Waals surface area contributed by atoms with Crippen LogP contribution in [0.1, 0.15) is 49.3 Å². The Bertz CT molecular complexity index is 1530. The number of rotatable bonds is 7. The van der Waals surface area contributed by atoms with E-state index < -0.39 is 6.04 Å². The molecule has 2 aromatic rings. The zero-order valence-corrected chi connectivity index (χ0v) is 29.5. The second kappa shape index (κ2) is 14.7. The molecule has 5 amide bonds. The largest absolute Gasteiger partial charge is 0.397 e. The highest BCUT2D eigenvalue weighted by Gasteiger charge is 2.40. The first-order chi connectivity index (χ1) is 23.8. The first kappa shape index (κ1) is 33.9. The van der Waals surface area contributed by atoms with E-state index in [2.05, 4.69) is 26.5 Å². The van der Waals surface area contributed by atoms with E-state index in [1.807, 2.05) is 47.1 Å². The zero-order valence-electron chi connectivity index (χ0n) is 28.7. The van der Waals surface area contributed by atoms with E-state index in [0.29, 0.717) is 68.7 Å². The van der Waals surface area contributed by atoms with E-state index >= 15 is 0 Å². The van der Waals surface area contributed by atoms with Crippen LogP contribution >= 0.6 is 11.6 Å². The van der Waals surface area contributed by atoms with E-state index in [9.17, 15) is 14.4 Å². The number of aryl methyl sites for hydroxylation is 1. The Morgan fingerprint density at radius 1 is 0.959 bits per heavy atom. The zero-order chi connectivity index (χ0) is 34.1. The average molecular weight is 691 g/mol. The number of urea groups is 2. The maximum atomic E-state index is 14.2. The summed E-state index contributed by atoms with van der Waals surface area (Å²) in [5, 5.41) is 6.68. The number of hydrogen-bond donors (Lipinski definition) is 3. The van der Waals surface area contributed by atoms with Gasteiger partial charge in [-0.05, 0) is 86.4 Å². The summed E-state index contributed by atoms with van der Waals surface area (Å²) in [5.41, 5.74) is 10.6. The third kappa shape index (κ3) is 7.35. The fourth-order valence-corrected chi connectivity index (χ4v) is 9.05. The molecule has 5 saturated heterocycles. The molecular formula is C37H51ClN8O3. The molecule has 11 nitrogen and oxygen atoms in total. The van der Waals surface area contributed by atoms with E-state index in [-0.39, 0.29) is 24.0 Å². The number of carbonyl (C=O) groups is 3. The van der Waals surface area contributed by atoms with E-state index in [0.717, 1.165) is 60.8 Å². The molecule has 0 saturated carbocycles. The van der Waals surface area contributed by atoms with Gasteiger partial charge in [-0.15, -0.1) is 0 Å². The van der Waals surface area contributed by atoms with Gasteiger partial charge in [-0.25, -0.2) is 9.59 Å². The average Bonchev–Trinajstić information content (AvgIpc) is 3.31. The maximum absolute atomic E-state index is 14.2. The van der Waals surface area contributed by atoms with Crippen molar-refractivity contribution in [2.24, 2.45) is 5.92 Å². The highest BCUT2D eigenvalue weighted by atomic mass is 35.5. The monoisotopic (exact) mass is 690 g/mol. The lowest BCUT2D eigenvalue weighted by atomic mass is 9.83. The Hall–Kier alpha value is -3.54. The molecule has 264 valence electrons. The minimum atomic E-state index is -0.729. The highest BCUT2D eigenvalue weighted by molar-refractivity contribution is 6.33. The molecule has 2 bridgehead atoms. The number of benzene rings is 2. The summed E-state index contributed by atoms with van der Waals surface area (Å²) in [6, 6.07) is 11.3. The second-order valence-corrected chi connectivity index (χ2v) is 14.9. The van der Waals surface area contributed by atoms with Crippen LogP contribution in [-0.2, 0) is 24.1 Å². The van der Waals surface area contributed by atoms with Crippen molar-refractivity contribution < 1.29 is 14.4 Å². The van der Waals surface area contributed by atoms with E-state index in [1.165, 1.54) is 25.9 Å². The third-order valence-electron chi connectivity index (χ3n) is 11.7. The van der Waals surface area contributed by atoms with Crippen LogP contribution in [0.15, 0.2) is 36.4 Å². The van der Waals surface area contributed by atoms with Crippen LogP contribution in [0.3, 0.4) is 0 Å². The smallest absolute Gasteiger partial charge is 0.322 e. The predicted octanol–water partition coefficient (Wildman–Crippen LogP) is 3.90. The SMILES string of the molecule is CCc1cc(C[C@@H](NC(=O)N2CCC(N3CCc4ccccc4NC3=O)CC2)C(=O)N2CCN(C3CN4CCC3CC4)CC2)cc(Cl)c1N. The van der Waals surface area contributed by atoms with Crippen LogP contribution in [-0.4, -0.2) is 126 Å². The number of likely N-dealkylation sites (tertiary alicyclic amines) is 1. The molecule has 0 radical (unpaired) electrons. The van der Waals surface area contributed by atoms with Crippen molar-refractivity contribution in [3.63, 3.8) is 0 Å². The van der Waals surface area contributed by atoms with Crippen LogP contribution in [0.25, 0.3) is 0 Å². The standard InChI is InChI=1S/C37H51ClN8O3/c1-2-26-21-25(22-30(38)34(26)39)23-32(35(47)44-19-17-43(18-20-44)33-24-42-12-7-28(33)8-13-42)41-36(48)45-14-10-29(11-15-45)46-16-9-27-5-3-4-6-31(27)40-37(46)49/h3-6,21-22,28-29,32-33H,2,7-20,23-24,39H2,1H3,(H,40,49)(H,41,48)/t32-,33?/m1/s1. The van der Waals surface area contributed by atoms with Crippen molar-refractivity contribution in [1.82, 2.24) is 29.8 Å². The number of piperidine rings is 4. The molecule has 8 rings (SSSR count). The highest BCUT2D eigenvalue weighted by Crippen LogP contribution is 2.32. The fraction of sp³-hybridized carbons (Fsp3) is 0.595. The van der Waals surface area contributed by atoms with E-state index in [4.69, 9.17) is 17.3 Å². The lowest BCUT2D eigenvalue weighted by molar-refractivity contribution is -0.136.